The summed E-state index contributed by atoms with van der Waals surface area (Å²) in [5.41, 5.74) is -3.70. The second-order valence-corrected chi connectivity index (χ2v) is 5.24. The van der Waals surface area contributed by atoms with Gasteiger partial charge < -0.3 is 4.79 Å². The van der Waals surface area contributed by atoms with Crippen molar-refractivity contribution < 1.29 is 18.0 Å². The second-order valence-electron chi connectivity index (χ2n) is 2.97. The van der Waals surface area contributed by atoms with Crippen molar-refractivity contribution in [3.63, 3.8) is 0 Å². The normalized spacial score (nSPS) is 11.5. The van der Waals surface area contributed by atoms with Gasteiger partial charge in [-0.15, -0.1) is 0 Å². The molecular weight excluding hydrogens is 352 g/mol. The molecular formula is C10H8F3IOS. The van der Waals surface area contributed by atoms with Crippen LogP contribution in [0.1, 0.15) is 12.0 Å². The topological polar surface area (TPSA) is 17.1 Å². The lowest BCUT2D eigenvalue weighted by Gasteiger charge is -2.11. The van der Waals surface area contributed by atoms with Gasteiger partial charge in [-0.1, -0.05) is 6.07 Å². The summed E-state index contributed by atoms with van der Waals surface area (Å²) in [4.78, 5) is 10.4. The van der Waals surface area contributed by atoms with Gasteiger partial charge in [0.25, 0.3) is 0 Å². The van der Waals surface area contributed by atoms with Gasteiger partial charge in [0, 0.05) is 14.9 Å². The van der Waals surface area contributed by atoms with Gasteiger partial charge in [0.2, 0.25) is 0 Å². The average Bonchev–Trinajstić information content (AvgIpc) is 2.14. The Labute approximate surface area is 109 Å². The SMILES string of the molecule is O=CCCc1c(I)cccc1SC(F)(F)F. The molecule has 0 saturated carbocycles. The van der Waals surface area contributed by atoms with Gasteiger partial charge in [0.1, 0.15) is 6.29 Å². The maximum atomic E-state index is 12.3. The van der Waals surface area contributed by atoms with Crippen LogP contribution in [0.3, 0.4) is 0 Å². The van der Waals surface area contributed by atoms with Crippen LogP contribution in [-0.4, -0.2) is 11.8 Å². The number of rotatable bonds is 4. The van der Waals surface area contributed by atoms with Gasteiger partial charge in [-0.2, -0.15) is 13.2 Å². The lowest BCUT2D eigenvalue weighted by Crippen LogP contribution is -2.02. The number of benzene rings is 1. The number of alkyl halides is 3. The van der Waals surface area contributed by atoms with Crippen LogP contribution in [0.2, 0.25) is 0 Å². The minimum atomic E-state index is -4.29. The van der Waals surface area contributed by atoms with Crippen LogP contribution in [0.25, 0.3) is 0 Å². The predicted molar refractivity (Wildman–Crippen MR) is 65.5 cm³/mol. The minimum Gasteiger partial charge on any atom is -0.303 e. The molecule has 0 unspecified atom stereocenters. The summed E-state index contributed by atoms with van der Waals surface area (Å²) in [6, 6.07) is 4.75. The van der Waals surface area contributed by atoms with Crippen molar-refractivity contribution in [2.75, 3.05) is 0 Å². The highest BCUT2D eigenvalue weighted by Crippen LogP contribution is 2.39. The molecule has 0 amide bonds. The van der Waals surface area contributed by atoms with E-state index in [4.69, 9.17) is 0 Å². The monoisotopic (exact) mass is 360 g/mol. The van der Waals surface area contributed by atoms with Crippen LogP contribution in [0, 0.1) is 3.57 Å². The lowest BCUT2D eigenvalue weighted by molar-refractivity contribution is -0.107. The third-order valence-electron chi connectivity index (χ3n) is 1.81. The molecule has 1 rings (SSSR count). The van der Waals surface area contributed by atoms with Crippen LogP contribution >= 0.6 is 34.4 Å². The van der Waals surface area contributed by atoms with Crippen LogP contribution in [0.15, 0.2) is 23.1 Å². The van der Waals surface area contributed by atoms with E-state index < -0.39 is 5.51 Å². The molecule has 1 aromatic rings. The van der Waals surface area contributed by atoms with Gasteiger partial charge in [0.05, 0.1) is 0 Å². The molecule has 0 radical (unpaired) electrons. The molecule has 0 spiro atoms. The van der Waals surface area contributed by atoms with Gasteiger partial charge in [-0.05, 0) is 58.5 Å². The Bertz CT molecular complexity index is 379. The zero-order valence-electron chi connectivity index (χ0n) is 8.05. The molecule has 0 aliphatic heterocycles. The number of halogens is 4. The highest BCUT2D eigenvalue weighted by molar-refractivity contribution is 14.1. The minimum absolute atomic E-state index is 0.129. The van der Waals surface area contributed by atoms with Gasteiger partial charge in [-0.3, -0.25) is 0 Å². The van der Waals surface area contributed by atoms with Crippen molar-refractivity contribution in [2.45, 2.75) is 23.2 Å². The summed E-state index contributed by atoms with van der Waals surface area (Å²) in [5.74, 6) is 0. The molecule has 0 saturated heterocycles. The molecule has 0 bridgehead atoms. The fraction of sp³-hybridized carbons (Fsp3) is 0.300. The standard InChI is InChI=1S/C10H8F3IOS/c11-10(12,13)16-9-5-1-4-8(14)7(9)3-2-6-15/h1,4-6H,2-3H2. The third kappa shape index (κ3) is 4.32. The molecule has 1 nitrogen and oxygen atoms in total. The van der Waals surface area contributed by atoms with Crippen molar-refractivity contribution in [3.8, 4) is 0 Å². The molecule has 6 heteroatoms. The van der Waals surface area contributed by atoms with E-state index >= 15 is 0 Å². The van der Waals surface area contributed by atoms with Gasteiger partial charge >= 0.3 is 5.51 Å². The quantitative estimate of drug-likeness (QED) is 0.458. The average molecular weight is 360 g/mol. The van der Waals surface area contributed by atoms with E-state index in [9.17, 15) is 18.0 Å². The molecule has 0 aliphatic rings. The van der Waals surface area contributed by atoms with E-state index in [1.807, 2.05) is 22.6 Å². The summed E-state index contributed by atoms with van der Waals surface area (Å²) in [6.45, 7) is 0. The molecule has 0 aromatic heterocycles. The predicted octanol–water partition coefficient (Wildman–Crippen LogP) is 4.03. The zero-order chi connectivity index (χ0) is 12.2. The number of carbonyl (C=O) groups is 1. The van der Waals surface area contributed by atoms with Crippen molar-refractivity contribution in [1.29, 1.82) is 0 Å². The first-order valence-corrected chi connectivity index (χ1v) is 6.30. The number of aldehydes is 1. The second kappa shape index (κ2) is 5.90. The van der Waals surface area contributed by atoms with Gasteiger partial charge in [0.15, 0.2) is 0 Å². The van der Waals surface area contributed by atoms with Crippen molar-refractivity contribution in [3.05, 3.63) is 27.3 Å². The van der Waals surface area contributed by atoms with E-state index in [2.05, 4.69) is 0 Å². The van der Waals surface area contributed by atoms with Crippen molar-refractivity contribution in [2.24, 2.45) is 0 Å². The summed E-state index contributed by atoms with van der Waals surface area (Å²) >= 11 is 1.85. The summed E-state index contributed by atoms with van der Waals surface area (Å²) in [7, 11) is 0. The van der Waals surface area contributed by atoms with Crippen molar-refractivity contribution >= 4 is 40.6 Å². The highest BCUT2D eigenvalue weighted by atomic mass is 127. The molecule has 16 heavy (non-hydrogen) atoms. The third-order valence-corrected chi connectivity index (χ3v) is 3.66. The fourth-order valence-electron chi connectivity index (χ4n) is 1.21. The Balaban J connectivity index is 2.97. The molecule has 0 N–H and O–H groups in total. The first-order chi connectivity index (χ1) is 7.44. The Kier molecular flexibility index (Phi) is 5.10. The molecule has 0 aliphatic carbocycles. The smallest absolute Gasteiger partial charge is 0.303 e. The van der Waals surface area contributed by atoms with E-state index in [1.165, 1.54) is 6.07 Å². The summed E-state index contributed by atoms with van der Waals surface area (Å²) in [6.07, 6.45) is 1.30. The lowest BCUT2D eigenvalue weighted by atomic mass is 10.1. The van der Waals surface area contributed by atoms with Gasteiger partial charge in [-0.25, -0.2) is 0 Å². The van der Waals surface area contributed by atoms with E-state index in [0.717, 1.165) is 3.57 Å². The van der Waals surface area contributed by atoms with E-state index in [-0.39, 0.29) is 23.1 Å². The molecule has 1 aromatic carbocycles. The van der Waals surface area contributed by atoms with E-state index in [1.54, 1.807) is 12.1 Å². The number of hydrogen-bond donors (Lipinski definition) is 0. The van der Waals surface area contributed by atoms with Crippen LogP contribution < -0.4 is 0 Å². The first-order valence-electron chi connectivity index (χ1n) is 4.41. The Morgan fingerprint density at radius 1 is 1.38 bits per heavy atom. The van der Waals surface area contributed by atoms with Crippen molar-refractivity contribution in [1.82, 2.24) is 0 Å². The van der Waals surface area contributed by atoms with E-state index in [0.29, 0.717) is 18.3 Å². The maximum absolute atomic E-state index is 12.3. The fourth-order valence-corrected chi connectivity index (χ4v) is 2.89. The largest absolute Gasteiger partial charge is 0.446 e. The first kappa shape index (κ1) is 13.8. The number of carbonyl (C=O) groups excluding carboxylic acids is 1. The van der Waals surface area contributed by atoms with Crippen LogP contribution in [-0.2, 0) is 11.2 Å². The maximum Gasteiger partial charge on any atom is 0.446 e. The number of hydrogen-bond acceptors (Lipinski definition) is 2. The summed E-state index contributed by atoms with van der Waals surface area (Å²) < 4.78 is 37.6. The Hall–Kier alpha value is -0.240. The van der Waals surface area contributed by atoms with Crippen LogP contribution in [0.4, 0.5) is 13.2 Å². The zero-order valence-corrected chi connectivity index (χ0v) is 11.0. The summed E-state index contributed by atoms with van der Waals surface area (Å²) in [5, 5.41) is 0. The highest BCUT2D eigenvalue weighted by Gasteiger charge is 2.30. The Morgan fingerprint density at radius 2 is 2.06 bits per heavy atom. The molecule has 0 heterocycles. The Morgan fingerprint density at radius 3 is 2.62 bits per heavy atom. The molecule has 0 fully saturated rings. The number of thioether (sulfide) groups is 1. The van der Waals surface area contributed by atoms with Crippen LogP contribution in [0.5, 0.6) is 0 Å². The molecule has 88 valence electrons. The molecule has 0 atom stereocenters.